The van der Waals surface area contributed by atoms with Crippen LogP contribution in [0, 0.1) is 0 Å². The van der Waals surface area contributed by atoms with Crippen LogP contribution < -0.4 is 20.7 Å². The van der Waals surface area contributed by atoms with Crippen LogP contribution >= 0.6 is 27.5 Å². The summed E-state index contributed by atoms with van der Waals surface area (Å²) < 4.78 is 8.05. The maximum absolute atomic E-state index is 13.6. The van der Waals surface area contributed by atoms with Gasteiger partial charge in [-0.05, 0) is 80.1 Å². The summed E-state index contributed by atoms with van der Waals surface area (Å²) in [6, 6.07) is 21.1. The highest BCUT2D eigenvalue weighted by atomic mass is 79.9. The number of ether oxygens (including phenoxy) is 1. The Kier molecular flexibility index (Phi) is 7.72. The van der Waals surface area contributed by atoms with Gasteiger partial charge < -0.3 is 20.7 Å². The summed E-state index contributed by atoms with van der Waals surface area (Å²) in [7, 11) is 0. The minimum atomic E-state index is -0.575. The monoisotopic (exact) mass is 605 g/mol. The summed E-state index contributed by atoms with van der Waals surface area (Å²) in [5.41, 5.74) is 3.50. The predicted molar refractivity (Wildman–Crippen MR) is 156 cm³/mol. The van der Waals surface area contributed by atoms with Crippen molar-refractivity contribution in [1.29, 1.82) is 0 Å². The van der Waals surface area contributed by atoms with Gasteiger partial charge in [0.2, 0.25) is 0 Å². The highest BCUT2D eigenvalue weighted by Crippen LogP contribution is 2.38. The summed E-state index contributed by atoms with van der Waals surface area (Å²) in [5.74, 6) is 0.593. The van der Waals surface area contributed by atoms with E-state index < -0.39 is 6.04 Å². The number of hydrogen-bond donors (Lipinski definition) is 3. The average molecular weight is 607 g/mol. The van der Waals surface area contributed by atoms with E-state index in [1.807, 2.05) is 38.1 Å². The van der Waals surface area contributed by atoms with E-state index in [2.05, 4.69) is 37.0 Å². The van der Waals surface area contributed by atoms with Crippen molar-refractivity contribution in [3.05, 3.63) is 111 Å². The molecule has 2 amide bonds. The fourth-order valence-corrected chi connectivity index (χ4v) is 4.79. The first-order valence-corrected chi connectivity index (χ1v) is 13.4. The molecule has 0 radical (unpaired) electrons. The van der Waals surface area contributed by atoms with Crippen LogP contribution in [0.15, 0.2) is 94.7 Å². The molecular formula is C29H25BrClN5O3. The SMILES string of the molecule is CCOc1ccc(NC(=O)c2cnn3c2NC(C)=C(C(=O)Nc2ccc(Cl)cc2)[C@H]3c2ccc(Br)cc2)cc1. The third-order valence-electron chi connectivity index (χ3n) is 6.22. The minimum Gasteiger partial charge on any atom is -0.494 e. The third kappa shape index (κ3) is 5.69. The van der Waals surface area contributed by atoms with E-state index in [-0.39, 0.29) is 11.8 Å². The van der Waals surface area contributed by atoms with Gasteiger partial charge in [-0.1, -0.05) is 39.7 Å². The number of nitrogens with one attached hydrogen (secondary N) is 3. The lowest BCUT2D eigenvalue weighted by atomic mass is 9.94. The lowest BCUT2D eigenvalue weighted by Gasteiger charge is -2.30. The molecule has 2 heterocycles. The molecule has 1 aliphatic heterocycles. The molecule has 0 fully saturated rings. The fraction of sp³-hybridized carbons (Fsp3) is 0.138. The molecule has 4 aromatic rings. The van der Waals surface area contributed by atoms with Crippen LogP contribution in [0.4, 0.5) is 17.2 Å². The second-order valence-corrected chi connectivity index (χ2v) is 10.2. The van der Waals surface area contributed by atoms with Crippen LogP contribution in [0.25, 0.3) is 0 Å². The van der Waals surface area contributed by atoms with Crippen LogP contribution in [0.3, 0.4) is 0 Å². The van der Waals surface area contributed by atoms with Gasteiger partial charge in [-0.25, -0.2) is 4.68 Å². The summed E-state index contributed by atoms with van der Waals surface area (Å²) in [6.45, 7) is 4.29. The number of halogens is 2. The van der Waals surface area contributed by atoms with Crippen LogP contribution in [0.1, 0.15) is 35.8 Å². The maximum Gasteiger partial charge on any atom is 0.261 e. The molecule has 0 saturated carbocycles. The Morgan fingerprint density at radius 1 is 0.974 bits per heavy atom. The molecule has 1 aliphatic rings. The third-order valence-corrected chi connectivity index (χ3v) is 7.00. The minimum absolute atomic E-state index is 0.295. The predicted octanol–water partition coefficient (Wildman–Crippen LogP) is 6.88. The Morgan fingerprint density at radius 3 is 2.23 bits per heavy atom. The molecule has 0 spiro atoms. The zero-order valence-electron chi connectivity index (χ0n) is 21.2. The molecule has 8 nitrogen and oxygen atoms in total. The molecule has 198 valence electrons. The zero-order valence-corrected chi connectivity index (χ0v) is 23.5. The zero-order chi connectivity index (χ0) is 27.5. The maximum atomic E-state index is 13.6. The molecule has 0 aliphatic carbocycles. The first-order chi connectivity index (χ1) is 18.8. The van der Waals surface area contributed by atoms with E-state index in [0.29, 0.717) is 45.7 Å². The standard InChI is InChI=1S/C29H25BrClN5O3/c1-3-39-23-14-12-22(13-15-23)34-28(37)24-16-32-36-26(18-4-6-19(30)7-5-18)25(17(2)33-27(24)36)29(38)35-21-10-8-20(31)9-11-21/h4-16,26,33H,3H2,1-2H3,(H,34,37)(H,35,38)/t26-/m1/s1. The Labute approximate surface area is 239 Å². The van der Waals surface area contributed by atoms with Gasteiger partial charge in [0.15, 0.2) is 0 Å². The number of carbonyl (C=O) groups excluding carboxylic acids is 2. The normalized spacial score (nSPS) is 14.3. The molecule has 0 unspecified atom stereocenters. The Balaban J connectivity index is 1.48. The second kappa shape index (κ2) is 11.3. The molecule has 0 bridgehead atoms. The molecule has 1 aromatic heterocycles. The van der Waals surface area contributed by atoms with Gasteiger partial charge in [0, 0.05) is 26.6 Å². The van der Waals surface area contributed by atoms with E-state index in [1.165, 1.54) is 6.20 Å². The van der Waals surface area contributed by atoms with Gasteiger partial charge in [-0.15, -0.1) is 0 Å². The summed E-state index contributed by atoms with van der Waals surface area (Å²) in [4.78, 5) is 26.9. The number of allylic oxidation sites excluding steroid dienone is 1. The van der Waals surface area contributed by atoms with Crippen molar-refractivity contribution in [1.82, 2.24) is 9.78 Å². The smallest absolute Gasteiger partial charge is 0.261 e. The largest absolute Gasteiger partial charge is 0.494 e. The van der Waals surface area contributed by atoms with E-state index in [1.54, 1.807) is 53.2 Å². The number of amides is 2. The number of benzene rings is 3. The van der Waals surface area contributed by atoms with E-state index in [0.717, 1.165) is 15.8 Å². The number of nitrogens with zero attached hydrogens (tertiary/aromatic N) is 2. The first-order valence-electron chi connectivity index (χ1n) is 12.3. The molecule has 3 aromatic carbocycles. The van der Waals surface area contributed by atoms with Crippen molar-refractivity contribution < 1.29 is 14.3 Å². The molecule has 3 N–H and O–H groups in total. The van der Waals surface area contributed by atoms with Crippen molar-refractivity contribution in [2.75, 3.05) is 22.6 Å². The molecule has 5 rings (SSSR count). The van der Waals surface area contributed by atoms with E-state index in [4.69, 9.17) is 16.3 Å². The van der Waals surface area contributed by atoms with Gasteiger partial charge in [-0.3, -0.25) is 9.59 Å². The van der Waals surface area contributed by atoms with Gasteiger partial charge in [0.1, 0.15) is 23.2 Å². The molecule has 39 heavy (non-hydrogen) atoms. The van der Waals surface area contributed by atoms with Crippen LogP contribution in [-0.2, 0) is 4.79 Å². The molecular weight excluding hydrogens is 582 g/mol. The molecule has 10 heteroatoms. The quantitative estimate of drug-likeness (QED) is 0.213. The number of carbonyl (C=O) groups is 2. The first kappa shape index (κ1) is 26.5. The van der Waals surface area contributed by atoms with Crippen LogP contribution in [0.2, 0.25) is 5.02 Å². The van der Waals surface area contributed by atoms with Gasteiger partial charge in [0.25, 0.3) is 11.8 Å². The summed E-state index contributed by atoms with van der Waals surface area (Å²) in [6.07, 6.45) is 1.51. The molecule has 1 atom stereocenters. The van der Waals surface area contributed by atoms with Crippen molar-refractivity contribution in [2.24, 2.45) is 0 Å². The topological polar surface area (TPSA) is 97.3 Å². The van der Waals surface area contributed by atoms with Gasteiger partial charge >= 0.3 is 0 Å². The Hall–Kier alpha value is -4.08. The second-order valence-electron chi connectivity index (χ2n) is 8.84. The number of rotatable bonds is 7. The highest BCUT2D eigenvalue weighted by molar-refractivity contribution is 9.10. The van der Waals surface area contributed by atoms with Crippen molar-refractivity contribution in [3.8, 4) is 5.75 Å². The van der Waals surface area contributed by atoms with E-state index >= 15 is 0 Å². The lowest BCUT2D eigenvalue weighted by molar-refractivity contribution is -0.113. The Morgan fingerprint density at radius 2 is 1.59 bits per heavy atom. The molecule has 0 saturated heterocycles. The van der Waals surface area contributed by atoms with Crippen LogP contribution in [-0.4, -0.2) is 28.2 Å². The van der Waals surface area contributed by atoms with Crippen molar-refractivity contribution >= 4 is 56.5 Å². The average Bonchev–Trinajstić information content (AvgIpc) is 3.34. The summed E-state index contributed by atoms with van der Waals surface area (Å²) in [5, 5.41) is 14.2. The van der Waals surface area contributed by atoms with Crippen molar-refractivity contribution in [2.45, 2.75) is 19.9 Å². The van der Waals surface area contributed by atoms with Crippen molar-refractivity contribution in [3.63, 3.8) is 0 Å². The summed E-state index contributed by atoms with van der Waals surface area (Å²) >= 11 is 9.48. The Bertz CT molecular complexity index is 1550. The fourth-order valence-electron chi connectivity index (χ4n) is 4.40. The number of hydrogen-bond acceptors (Lipinski definition) is 5. The lowest BCUT2D eigenvalue weighted by Crippen LogP contribution is -2.32. The van der Waals surface area contributed by atoms with E-state index in [9.17, 15) is 9.59 Å². The van der Waals surface area contributed by atoms with Crippen LogP contribution in [0.5, 0.6) is 5.75 Å². The van der Waals surface area contributed by atoms with Gasteiger partial charge in [-0.2, -0.15) is 5.10 Å². The highest BCUT2D eigenvalue weighted by Gasteiger charge is 2.35. The van der Waals surface area contributed by atoms with Gasteiger partial charge in [0.05, 0.1) is 18.4 Å². The number of anilines is 3. The number of fused-ring (bicyclic) bond motifs is 1. The number of aromatic nitrogens is 2.